The fourth-order valence-electron chi connectivity index (χ4n) is 4.29. The lowest BCUT2D eigenvalue weighted by atomic mass is 9.84. The molecule has 6 heteroatoms. The van der Waals surface area contributed by atoms with E-state index in [1.54, 1.807) is 23.0 Å². The predicted molar refractivity (Wildman–Crippen MR) is 83.9 cm³/mol. The Morgan fingerprint density at radius 2 is 2.32 bits per heavy atom. The highest BCUT2D eigenvalue weighted by Crippen LogP contribution is 2.49. The smallest absolute Gasteiger partial charge is 0.273 e. The first-order valence-electron chi connectivity index (χ1n) is 7.93. The van der Waals surface area contributed by atoms with Gasteiger partial charge in [0, 0.05) is 18.4 Å². The Morgan fingerprint density at radius 1 is 1.45 bits per heavy atom. The molecule has 0 aliphatic heterocycles. The van der Waals surface area contributed by atoms with Gasteiger partial charge in [-0.25, -0.2) is 9.50 Å². The van der Waals surface area contributed by atoms with E-state index in [2.05, 4.69) is 22.3 Å². The van der Waals surface area contributed by atoms with Crippen LogP contribution in [-0.2, 0) is 0 Å². The minimum Gasteiger partial charge on any atom is -0.348 e. The molecule has 1 N–H and O–H groups in total. The van der Waals surface area contributed by atoms with E-state index in [-0.39, 0.29) is 17.6 Å². The summed E-state index contributed by atoms with van der Waals surface area (Å²) < 4.78 is 1.54. The Bertz CT molecular complexity index is 728. The lowest BCUT2D eigenvalue weighted by molar-refractivity contribution is 0.0910. The molecule has 2 fully saturated rings. The highest BCUT2D eigenvalue weighted by molar-refractivity contribution is 6.36. The molecule has 2 heterocycles. The highest BCUT2D eigenvalue weighted by atomic mass is 35.5. The largest absolute Gasteiger partial charge is 0.348 e. The van der Waals surface area contributed by atoms with Gasteiger partial charge < -0.3 is 5.32 Å². The number of nitrogens with zero attached hydrogens (tertiary/aromatic N) is 3. The van der Waals surface area contributed by atoms with Crippen molar-refractivity contribution >= 4 is 23.2 Å². The van der Waals surface area contributed by atoms with Crippen molar-refractivity contribution in [3.8, 4) is 0 Å². The third-order valence-electron chi connectivity index (χ3n) is 5.35. The first-order chi connectivity index (χ1) is 10.6. The molecule has 2 aromatic heterocycles. The monoisotopic (exact) mass is 318 g/mol. The number of hydrogen-bond acceptors (Lipinski definition) is 3. The summed E-state index contributed by atoms with van der Waals surface area (Å²) >= 11 is 6.25. The summed E-state index contributed by atoms with van der Waals surface area (Å²) in [4.78, 5) is 16.7. The first kappa shape index (κ1) is 14.0. The maximum Gasteiger partial charge on any atom is 0.273 e. The summed E-state index contributed by atoms with van der Waals surface area (Å²) in [6.45, 7) is 2.10. The third-order valence-corrected chi connectivity index (χ3v) is 5.70. The Balaban J connectivity index is 1.52. The highest BCUT2D eigenvalue weighted by Gasteiger charge is 2.42. The van der Waals surface area contributed by atoms with Crippen LogP contribution in [0.1, 0.15) is 43.1 Å². The van der Waals surface area contributed by atoms with Crippen molar-refractivity contribution < 1.29 is 4.79 Å². The average molecular weight is 319 g/mol. The molecule has 0 unspecified atom stereocenters. The normalized spacial score (nSPS) is 28.2. The van der Waals surface area contributed by atoms with Crippen LogP contribution in [0.5, 0.6) is 0 Å². The van der Waals surface area contributed by atoms with Crippen LogP contribution in [0, 0.1) is 17.8 Å². The van der Waals surface area contributed by atoms with E-state index in [9.17, 15) is 4.79 Å². The van der Waals surface area contributed by atoms with Crippen LogP contribution in [-0.4, -0.2) is 26.5 Å². The number of fused-ring (bicyclic) bond motifs is 3. The van der Waals surface area contributed by atoms with Gasteiger partial charge in [0.15, 0.2) is 11.3 Å². The second-order valence-electron chi connectivity index (χ2n) is 6.65. The molecule has 1 amide bonds. The summed E-state index contributed by atoms with van der Waals surface area (Å²) in [6, 6.07) is 1.92. The van der Waals surface area contributed by atoms with Crippen molar-refractivity contribution in [2.24, 2.45) is 17.8 Å². The van der Waals surface area contributed by atoms with Crippen molar-refractivity contribution in [1.29, 1.82) is 0 Å². The zero-order chi connectivity index (χ0) is 15.3. The van der Waals surface area contributed by atoms with Crippen molar-refractivity contribution in [1.82, 2.24) is 19.9 Å². The van der Waals surface area contributed by atoms with Gasteiger partial charge in [-0.2, -0.15) is 5.10 Å². The van der Waals surface area contributed by atoms with Crippen LogP contribution >= 0.6 is 11.6 Å². The summed E-state index contributed by atoms with van der Waals surface area (Å²) in [6.07, 6.45) is 8.64. The second kappa shape index (κ2) is 5.23. The minimum atomic E-state index is -0.203. The summed E-state index contributed by atoms with van der Waals surface area (Å²) in [5.41, 5.74) is 0.775. The number of carbonyl (C=O) groups excluding carboxylic acids is 1. The second-order valence-corrected chi connectivity index (χ2v) is 7.03. The summed E-state index contributed by atoms with van der Waals surface area (Å²) in [5, 5.41) is 7.67. The van der Waals surface area contributed by atoms with Crippen molar-refractivity contribution in [3.05, 3.63) is 29.2 Å². The molecule has 2 bridgehead atoms. The van der Waals surface area contributed by atoms with Crippen molar-refractivity contribution in [2.75, 3.05) is 0 Å². The van der Waals surface area contributed by atoms with E-state index < -0.39 is 0 Å². The zero-order valence-corrected chi connectivity index (χ0v) is 13.3. The van der Waals surface area contributed by atoms with Gasteiger partial charge in [0.05, 0.1) is 0 Å². The topological polar surface area (TPSA) is 59.3 Å². The van der Waals surface area contributed by atoms with E-state index in [0.29, 0.717) is 16.6 Å². The number of amides is 1. The Kier molecular flexibility index (Phi) is 3.33. The van der Waals surface area contributed by atoms with Gasteiger partial charge in [-0.1, -0.05) is 18.0 Å². The molecule has 0 radical (unpaired) electrons. The van der Waals surface area contributed by atoms with Crippen molar-refractivity contribution in [2.45, 2.75) is 38.6 Å². The lowest BCUT2D eigenvalue weighted by Crippen LogP contribution is -2.40. The molecule has 2 saturated carbocycles. The summed E-state index contributed by atoms with van der Waals surface area (Å²) in [5.74, 6) is 2.04. The van der Waals surface area contributed by atoms with Crippen LogP contribution in [0.15, 0.2) is 18.5 Å². The minimum absolute atomic E-state index is 0.164. The first-order valence-corrected chi connectivity index (χ1v) is 8.31. The van der Waals surface area contributed by atoms with Gasteiger partial charge in [0.2, 0.25) is 0 Å². The lowest BCUT2D eigenvalue weighted by Gasteiger charge is -2.28. The van der Waals surface area contributed by atoms with E-state index in [1.165, 1.54) is 25.7 Å². The number of nitrogens with one attached hydrogen (secondary N) is 1. The Hall–Kier alpha value is -1.62. The molecule has 0 spiro atoms. The van der Waals surface area contributed by atoms with Gasteiger partial charge >= 0.3 is 0 Å². The SMILES string of the molecule is C[C@@H](NC(=O)c1nn2cccnc2c1Cl)[C@H]1C[C@H]2CC[C@H]1C2. The molecule has 4 rings (SSSR count). The molecule has 0 aromatic carbocycles. The molecule has 0 saturated heterocycles. The van der Waals surface area contributed by atoms with Gasteiger partial charge in [0.1, 0.15) is 5.02 Å². The number of rotatable bonds is 3. The molecule has 5 nitrogen and oxygen atoms in total. The van der Waals surface area contributed by atoms with Gasteiger partial charge in [-0.05, 0) is 50.0 Å². The van der Waals surface area contributed by atoms with Crippen LogP contribution in [0.3, 0.4) is 0 Å². The number of halogens is 1. The van der Waals surface area contributed by atoms with Crippen LogP contribution in [0.25, 0.3) is 5.65 Å². The molecule has 2 aliphatic carbocycles. The van der Waals surface area contributed by atoms with E-state index >= 15 is 0 Å². The third kappa shape index (κ3) is 2.19. The van der Waals surface area contributed by atoms with Gasteiger partial charge in [-0.15, -0.1) is 0 Å². The number of aromatic nitrogens is 3. The predicted octanol–water partition coefficient (Wildman–Crippen LogP) is 2.94. The van der Waals surface area contributed by atoms with Crippen LogP contribution in [0.4, 0.5) is 0 Å². The number of hydrogen-bond donors (Lipinski definition) is 1. The van der Waals surface area contributed by atoms with Crippen LogP contribution in [0.2, 0.25) is 5.02 Å². The van der Waals surface area contributed by atoms with Gasteiger partial charge in [-0.3, -0.25) is 4.79 Å². The quantitative estimate of drug-likeness (QED) is 0.946. The standard InChI is InChI=1S/C16H19ClN4O/c1-9(12-8-10-3-4-11(12)7-10)19-16(22)14-13(17)15-18-5-2-6-21(15)20-14/h2,5-6,9-12H,3-4,7-8H2,1H3,(H,19,22)/t9-,10+,11+,12-/m1/s1. The fraction of sp³-hybridized carbons (Fsp3) is 0.562. The molecular formula is C16H19ClN4O. The van der Waals surface area contributed by atoms with E-state index in [1.807, 2.05) is 0 Å². The number of carbonyl (C=O) groups is 1. The maximum absolute atomic E-state index is 12.5. The molecule has 2 aromatic rings. The molecule has 22 heavy (non-hydrogen) atoms. The zero-order valence-electron chi connectivity index (χ0n) is 12.5. The fourth-order valence-corrected chi connectivity index (χ4v) is 4.55. The van der Waals surface area contributed by atoms with E-state index in [4.69, 9.17) is 11.6 Å². The molecule has 116 valence electrons. The summed E-state index contributed by atoms with van der Waals surface area (Å²) in [7, 11) is 0. The Morgan fingerprint density at radius 3 is 3.00 bits per heavy atom. The molecule has 2 aliphatic rings. The maximum atomic E-state index is 12.5. The Labute approximate surface area is 134 Å². The molecule has 4 atom stereocenters. The van der Waals surface area contributed by atoms with Crippen molar-refractivity contribution in [3.63, 3.8) is 0 Å². The van der Waals surface area contributed by atoms with Gasteiger partial charge in [0.25, 0.3) is 5.91 Å². The average Bonchev–Trinajstić information content (AvgIpc) is 3.22. The van der Waals surface area contributed by atoms with Crippen LogP contribution < -0.4 is 5.32 Å². The molecular weight excluding hydrogens is 300 g/mol. The van der Waals surface area contributed by atoms with E-state index in [0.717, 1.165) is 11.8 Å².